The van der Waals surface area contributed by atoms with Crippen LogP contribution in [0, 0.1) is 11.3 Å². The van der Waals surface area contributed by atoms with Gasteiger partial charge in [-0.05, 0) is 13.3 Å². The Hall–Kier alpha value is -1.34. The molecule has 13 heavy (non-hydrogen) atoms. The van der Waals surface area contributed by atoms with Crippen LogP contribution in [0.4, 0.5) is 0 Å². The van der Waals surface area contributed by atoms with Crippen molar-refractivity contribution in [2.75, 3.05) is 0 Å². The predicted molar refractivity (Wildman–Crippen MR) is 49.8 cm³/mol. The Kier molecular flexibility index (Phi) is 3.04. The molecule has 0 saturated carbocycles. The molecule has 0 amide bonds. The van der Waals surface area contributed by atoms with E-state index >= 15 is 0 Å². The molecule has 2 N–H and O–H groups in total. The summed E-state index contributed by atoms with van der Waals surface area (Å²) in [5, 5.41) is 12.9. The van der Waals surface area contributed by atoms with Gasteiger partial charge in [-0.1, -0.05) is 6.92 Å². The monoisotopic (exact) mass is 178 g/mol. The summed E-state index contributed by atoms with van der Waals surface area (Å²) in [6, 6.07) is 1.98. The third-order valence-electron chi connectivity index (χ3n) is 2.00. The largest absolute Gasteiger partial charge is 0.324 e. The molecule has 1 heterocycles. The van der Waals surface area contributed by atoms with Gasteiger partial charge in [0.15, 0.2) is 0 Å². The van der Waals surface area contributed by atoms with Gasteiger partial charge in [0.25, 0.3) is 0 Å². The molecule has 0 radical (unpaired) electrons. The third-order valence-corrected chi connectivity index (χ3v) is 2.00. The summed E-state index contributed by atoms with van der Waals surface area (Å²) in [6.07, 6.45) is 4.31. The van der Waals surface area contributed by atoms with Gasteiger partial charge in [0, 0.05) is 17.8 Å². The molecular formula is C9H14N4. The number of hydrogen-bond acceptors (Lipinski definition) is 3. The van der Waals surface area contributed by atoms with E-state index < -0.39 is 0 Å². The van der Waals surface area contributed by atoms with Crippen LogP contribution >= 0.6 is 0 Å². The van der Waals surface area contributed by atoms with Gasteiger partial charge in [-0.25, -0.2) is 0 Å². The molecule has 0 aliphatic carbocycles. The summed E-state index contributed by atoms with van der Waals surface area (Å²) >= 11 is 0. The zero-order chi connectivity index (χ0) is 9.84. The molecule has 2 atom stereocenters. The van der Waals surface area contributed by atoms with Crippen LogP contribution in [-0.2, 0) is 0 Å². The van der Waals surface area contributed by atoms with Crippen LogP contribution in [0.15, 0.2) is 12.4 Å². The highest BCUT2D eigenvalue weighted by Gasteiger charge is 2.09. The lowest BCUT2D eigenvalue weighted by Crippen LogP contribution is -2.07. The number of rotatable bonds is 3. The molecule has 1 unspecified atom stereocenters. The van der Waals surface area contributed by atoms with Crippen molar-refractivity contribution < 1.29 is 0 Å². The highest BCUT2D eigenvalue weighted by atomic mass is 15.3. The van der Waals surface area contributed by atoms with Gasteiger partial charge in [0.1, 0.15) is 6.04 Å². The minimum absolute atomic E-state index is 0.0232. The molecule has 70 valence electrons. The molecule has 1 rings (SSSR count). The minimum Gasteiger partial charge on any atom is -0.324 e. The van der Waals surface area contributed by atoms with E-state index in [0.717, 1.165) is 12.0 Å². The summed E-state index contributed by atoms with van der Waals surface area (Å²) in [7, 11) is 0. The lowest BCUT2D eigenvalue weighted by atomic mass is 10.2. The fourth-order valence-corrected chi connectivity index (χ4v) is 1.10. The molecule has 0 spiro atoms. The number of hydrogen-bond donors (Lipinski definition) is 1. The van der Waals surface area contributed by atoms with Crippen molar-refractivity contribution >= 4 is 0 Å². The van der Waals surface area contributed by atoms with Crippen LogP contribution in [0.25, 0.3) is 0 Å². The van der Waals surface area contributed by atoms with Crippen LogP contribution in [0.1, 0.15) is 37.9 Å². The van der Waals surface area contributed by atoms with E-state index in [4.69, 9.17) is 11.0 Å². The van der Waals surface area contributed by atoms with Gasteiger partial charge < -0.3 is 5.73 Å². The first-order chi connectivity index (χ1) is 6.19. The Labute approximate surface area is 78.0 Å². The summed E-state index contributed by atoms with van der Waals surface area (Å²) in [4.78, 5) is 0. The van der Waals surface area contributed by atoms with Crippen LogP contribution in [0.3, 0.4) is 0 Å². The average molecular weight is 178 g/mol. The molecular weight excluding hydrogens is 164 g/mol. The predicted octanol–water partition coefficient (Wildman–Crippen LogP) is 1.38. The zero-order valence-electron chi connectivity index (χ0n) is 7.94. The summed E-state index contributed by atoms with van der Waals surface area (Å²) in [5.74, 6) is 0. The van der Waals surface area contributed by atoms with E-state index in [1.807, 2.05) is 20.0 Å². The van der Waals surface area contributed by atoms with Gasteiger partial charge in [-0.3, -0.25) is 4.68 Å². The normalized spacial score (nSPS) is 14.9. The van der Waals surface area contributed by atoms with Crippen molar-refractivity contribution in [3.63, 3.8) is 0 Å². The van der Waals surface area contributed by atoms with Crippen LogP contribution in [0.2, 0.25) is 0 Å². The highest BCUT2D eigenvalue weighted by Crippen LogP contribution is 2.13. The summed E-state index contributed by atoms with van der Waals surface area (Å²) in [6.45, 7) is 3.86. The summed E-state index contributed by atoms with van der Waals surface area (Å²) < 4.78 is 1.67. The molecule has 0 aliphatic heterocycles. The Morgan fingerprint density at radius 2 is 2.46 bits per heavy atom. The second-order valence-electron chi connectivity index (χ2n) is 3.10. The van der Waals surface area contributed by atoms with E-state index in [9.17, 15) is 0 Å². The molecule has 0 fully saturated rings. The second-order valence-corrected chi connectivity index (χ2v) is 3.10. The lowest BCUT2D eigenvalue weighted by molar-refractivity contribution is 0.533. The van der Waals surface area contributed by atoms with Crippen molar-refractivity contribution in [3.05, 3.63) is 18.0 Å². The van der Waals surface area contributed by atoms with E-state index in [-0.39, 0.29) is 12.1 Å². The van der Waals surface area contributed by atoms with Crippen molar-refractivity contribution in [3.8, 4) is 6.07 Å². The topological polar surface area (TPSA) is 67.6 Å². The Bertz CT molecular complexity index is 308. The second kappa shape index (κ2) is 4.06. The first kappa shape index (κ1) is 9.75. The fourth-order valence-electron chi connectivity index (χ4n) is 1.10. The van der Waals surface area contributed by atoms with Crippen LogP contribution in [0.5, 0.6) is 0 Å². The van der Waals surface area contributed by atoms with Gasteiger partial charge in [0.2, 0.25) is 0 Å². The van der Waals surface area contributed by atoms with E-state index in [0.29, 0.717) is 0 Å². The maximum absolute atomic E-state index is 8.79. The molecule has 0 aromatic carbocycles. The first-order valence-corrected chi connectivity index (χ1v) is 4.38. The van der Waals surface area contributed by atoms with Crippen molar-refractivity contribution in [1.29, 1.82) is 5.26 Å². The van der Waals surface area contributed by atoms with E-state index in [1.54, 1.807) is 10.9 Å². The van der Waals surface area contributed by atoms with E-state index in [2.05, 4.69) is 11.2 Å². The molecule has 0 saturated heterocycles. The average Bonchev–Trinajstić information content (AvgIpc) is 2.56. The SMILES string of the molecule is CCC(C#N)n1cc([C@H](C)N)cn1. The summed E-state index contributed by atoms with van der Waals surface area (Å²) in [5.41, 5.74) is 6.64. The maximum atomic E-state index is 8.79. The molecule has 4 heteroatoms. The Morgan fingerprint density at radius 3 is 2.85 bits per heavy atom. The van der Waals surface area contributed by atoms with Gasteiger partial charge >= 0.3 is 0 Å². The molecule has 1 aromatic rings. The highest BCUT2D eigenvalue weighted by molar-refractivity contribution is 5.09. The lowest BCUT2D eigenvalue weighted by Gasteiger charge is -2.05. The van der Waals surface area contributed by atoms with Crippen LogP contribution in [-0.4, -0.2) is 9.78 Å². The van der Waals surface area contributed by atoms with Gasteiger partial charge in [0.05, 0.1) is 12.3 Å². The van der Waals surface area contributed by atoms with Crippen molar-refractivity contribution in [1.82, 2.24) is 9.78 Å². The Morgan fingerprint density at radius 1 is 1.77 bits per heavy atom. The molecule has 0 bridgehead atoms. The van der Waals surface area contributed by atoms with Gasteiger partial charge in [-0.15, -0.1) is 0 Å². The molecule has 4 nitrogen and oxygen atoms in total. The van der Waals surface area contributed by atoms with E-state index in [1.165, 1.54) is 0 Å². The van der Waals surface area contributed by atoms with Crippen molar-refractivity contribution in [2.45, 2.75) is 32.4 Å². The number of nitrogens with zero attached hydrogens (tertiary/aromatic N) is 3. The number of aromatic nitrogens is 2. The smallest absolute Gasteiger partial charge is 0.138 e. The zero-order valence-corrected chi connectivity index (χ0v) is 7.94. The number of nitriles is 1. The maximum Gasteiger partial charge on any atom is 0.138 e. The van der Waals surface area contributed by atoms with Crippen molar-refractivity contribution in [2.24, 2.45) is 5.73 Å². The molecule has 1 aromatic heterocycles. The first-order valence-electron chi connectivity index (χ1n) is 4.38. The van der Waals surface area contributed by atoms with Gasteiger partial charge in [-0.2, -0.15) is 10.4 Å². The standard InChI is InChI=1S/C9H14N4/c1-3-9(4-10)13-6-8(5-12-13)7(2)11/h5-7,9H,3,11H2,1-2H3/t7-,9?/m0/s1. The quantitative estimate of drug-likeness (QED) is 0.760. The Balaban J connectivity index is 2.85. The van der Waals surface area contributed by atoms with Crippen LogP contribution < -0.4 is 5.73 Å². The number of nitrogens with two attached hydrogens (primary N) is 1. The third kappa shape index (κ3) is 2.07. The molecule has 0 aliphatic rings. The fraction of sp³-hybridized carbons (Fsp3) is 0.556. The minimum atomic E-state index is -0.174.